The number of para-hydroxylation sites is 1. The number of pyridine rings is 1. The first-order valence-electron chi connectivity index (χ1n) is 9.44. The van der Waals surface area contributed by atoms with E-state index in [0.29, 0.717) is 22.6 Å². The number of ketones is 1. The number of nitrogens with zero attached hydrogens (tertiary/aromatic N) is 2. The van der Waals surface area contributed by atoms with Crippen molar-refractivity contribution in [3.63, 3.8) is 0 Å². The first-order chi connectivity index (χ1) is 14.5. The van der Waals surface area contributed by atoms with Gasteiger partial charge in [0.15, 0.2) is 0 Å². The predicted octanol–water partition coefficient (Wildman–Crippen LogP) is 4.02. The van der Waals surface area contributed by atoms with Gasteiger partial charge in [-0.2, -0.15) is 0 Å². The lowest BCUT2D eigenvalue weighted by Crippen LogP contribution is -2.29. The fraction of sp³-hybridized carbons (Fsp3) is 0.125. The van der Waals surface area contributed by atoms with E-state index in [4.69, 9.17) is 4.74 Å². The van der Waals surface area contributed by atoms with E-state index >= 15 is 0 Å². The molecule has 1 aliphatic heterocycles. The molecule has 0 bridgehead atoms. The highest BCUT2D eigenvalue weighted by atomic mass is 16.5. The highest BCUT2D eigenvalue weighted by molar-refractivity contribution is 6.51. The van der Waals surface area contributed by atoms with E-state index in [-0.39, 0.29) is 11.3 Å². The van der Waals surface area contributed by atoms with Crippen molar-refractivity contribution in [1.29, 1.82) is 0 Å². The molecule has 6 nitrogen and oxygen atoms in total. The number of methoxy groups -OCH3 is 1. The number of hydrogen-bond donors (Lipinski definition) is 1. The Bertz CT molecular complexity index is 1140. The van der Waals surface area contributed by atoms with Crippen LogP contribution in [0.2, 0.25) is 0 Å². The topological polar surface area (TPSA) is 79.7 Å². The van der Waals surface area contributed by atoms with Gasteiger partial charge in [-0.1, -0.05) is 24.3 Å². The zero-order chi connectivity index (χ0) is 21.3. The summed E-state index contributed by atoms with van der Waals surface area (Å²) in [7, 11) is 1.57. The Morgan fingerprint density at radius 3 is 2.47 bits per heavy atom. The van der Waals surface area contributed by atoms with Crippen molar-refractivity contribution in [2.45, 2.75) is 13.0 Å². The fourth-order valence-electron chi connectivity index (χ4n) is 3.72. The fourth-order valence-corrected chi connectivity index (χ4v) is 3.72. The highest BCUT2D eigenvalue weighted by Crippen LogP contribution is 2.42. The van der Waals surface area contributed by atoms with Crippen molar-refractivity contribution < 1.29 is 19.4 Å². The van der Waals surface area contributed by atoms with E-state index in [2.05, 4.69) is 4.98 Å². The molecule has 0 aliphatic carbocycles. The summed E-state index contributed by atoms with van der Waals surface area (Å²) >= 11 is 0. The van der Waals surface area contributed by atoms with Crippen LogP contribution in [0.1, 0.15) is 22.7 Å². The zero-order valence-corrected chi connectivity index (χ0v) is 16.6. The number of aliphatic hydroxyl groups excluding tert-OH is 1. The lowest BCUT2D eigenvalue weighted by molar-refractivity contribution is -0.132. The molecule has 0 radical (unpaired) electrons. The molecule has 1 aromatic heterocycles. The minimum absolute atomic E-state index is 0.0291. The van der Waals surface area contributed by atoms with Gasteiger partial charge in [-0.15, -0.1) is 0 Å². The molecule has 1 N–H and O–H groups in total. The van der Waals surface area contributed by atoms with Crippen molar-refractivity contribution in [1.82, 2.24) is 4.98 Å². The van der Waals surface area contributed by atoms with Crippen molar-refractivity contribution >= 4 is 23.1 Å². The molecule has 150 valence electrons. The molecule has 1 aliphatic rings. The number of rotatable bonds is 4. The van der Waals surface area contributed by atoms with Crippen LogP contribution in [0.4, 0.5) is 5.69 Å². The summed E-state index contributed by atoms with van der Waals surface area (Å²) < 4.78 is 5.27. The summed E-state index contributed by atoms with van der Waals surface area (Å²) in [5.74, 6) is -0.994. The number of carbonyl (C=O) groups excluding carboxylic acids is 2. The number of hydrogen-bond acceptors (Lipinski definition) is 5. The van der Waals surface area contributed by atoms with Gasteiger partial charge in [0.1, 0.15) is 11.5 Å². The standard InChI is InChI=1S/C24H20N2O4/c1-15-13-16(10-11-19(15)30-2)22(27)20-21(17-7-6-12-25-14-17)26(24(29)23(20)28)18-8-4-3-5-9-18/h3-14,21,27H,1-2H3/b22-20-. The molecule has 1 fully saturated rings. The van der Waals surface area contributed by atoms with Crippen molar-refractivity contribution in [2.75, 3.05) is 12.0 Å². The Hall–Kier alpha value is -3.93. The SMILES string of the molecule is COc1ccc(/C(O)=C2/C(=O)C(=O)N(c3ccccc3)C2c2cccnc2)cc1C. The third kappa shape index (κ3) is 3.22. The van der Waals surface area contributed by atoms with Gasteiger partial charge in [0.25, 0.3) is 11.7 Å². The Morgan fingerprint density at radius 2 is 1.83 bits per heavy atom. The van der Waals surface area contributed by atoms with Gasteiger partial charge in [0, 0.05) is 23.6 Å². The molecule has 0 spiro atoms. The lowest BCUT2D eigenvalue weighted by Gasteiger charge is -2.25. The summed E-state index contributed by atoms with van der Waals surface area (Å²) in [5, 5.41) is 11.1. The van der Waals surface area contributed by atoms with E-state index < -0.39 is 17.7 Å². The maximum atomic E-state index is 13.0. The van der Waals surface area contributed by atoms with Gasteiger partial charge in [-0.05, 0) is 54.4 Å². The van der Waals surface area contributed by atoms with Crippen LogP contribution in [-0.2, 0) is 9.59 Å². The Balaban J connectivity index is 1.93. The van der Waals surface area contributed by atoms with Crippen LogP contribution in [0, 0.1) is 6.92 Å². The maximum absolute atomic E-state index is 13.0. The van der Waals surface area contributed by atoms with Crippen LogP contribution in [0.15, 0.2) is 78.6 Å². The number of ether oxygens (including phenoxy) is 1. The smallest absolute Gasteiger partial charge is 0.300 e. The molecule has 1 atom stereocenters. The predicted molar refractivity (Wildman–Crippen MR) is 113 cm³/mol. The molecule has 1 unspecified atom stereocenters. The number of aliphatic hydroxyl groups is 1. The average Bonchev–Trinajstić information content (AvgIpc) is 3.05. The third-order valence-electron chi connectivity index (χ3n) is 5.15. The molecule has 1 amide bonds. The van der Waals surface area contributed by atoms with Gasteiger partial charge in [0.05, 0.1) is 18.7 Å². The molecule has 2 heterocycles. The number of benzene rings is 2. The summed E-state index contributed by atoms with van der Waals surface area (Å²) in [6.45, 7) is 1.84. The summed E-state index contributed by atoms with van der Waals surface area (Å²) in [6, 6.07) is 16.8. The first-order valence-corrected chi connectivity index (χ1v) is 9.44. The first kappa shape index (κ1) is 19.4. The summed E-state index contributed by atoms with van der Waals surface area (Å²) in [4.78, 5) is 31.6. The van der Waals surface area contributed by atoms with Gasteiger partial charge in [-0.3, -0.25) is 19.5 Å². The minimum Gasteiger partial charge on any atom is -0.507 e. The third-order valence-corrected chi connectivity index (χ3v) is 5.15. The molecular weight excluding hydrogens is 380 g/mol. The van der Waals surface area contributed by atoms with Crippen molar-refractivity contribution in [2.24, 2.45) is 0 Å². The maximum Gasteiger partial charge on any atom is 0.300 e. The lowest BCUT2D eigenvalue weighted by atomic mass is 9.95. The van der Waals surface area contributed by atoms with Gasteiger partial charge in [-0.25, -0.2) is 0 Å². The Morgan fingerprint density at radius 1 is 1.07 bits per heavy atom. The highest BCUT2D eigenvalue weighted by Gasteiger charge is 2.47. The van der Waals surface area contributed by atoms with Crippen molar-refractivity contribution in [3.8, 4) is 5.75 Å². The summed E-state index contributed by atoms with van der Waals surface area (Å²) in [5.41, 5.74) is 2.47. The number of Topliss-reactive ketones (excluding diaryl/α,β-unsaturated/α-hetero) is 1. The van der Waals surface area contributed by atoms with E-state index in [9.17, 15) is 14.7 Å². The Labute approximate surface area is 174 Å². The normalized spacial score (nSPS) is 17.9. The minimum atomic E-state index is -0.788. The second-order valence-electron chi connectivity index (χ2n) is 6.98. The quantitative estimate of drug-likeness (QED) is 0.406. The molecule has 1 saturated heterocycles. The second-order valence-corrected chi connectivity index (χ2v) is 6.98. The van der Waals surface area contributed by atoms with Crippen LogP contribution < -0.4 is 9.64 Å². The Kier molecular flexibility index (Phi) is 5.06. The van der Waals surface area contributed by atoms with E-state index in [0.717, 1.165) is 5.56 Å². The van der Waals surface area contributed by atoms with E-state index in [1.54, 1.807) is 74.1 Å². The van der Waals surface area contributed by atoms with Crippen LogP contribution in [0.25, 0.3) is 5.76 Å². The average molecular weight is 400 g/mol. The monoisotopic (exact) mass is 400 g/mol. The molecule has 6 heteroatoms. The number of amides is 1. The van der Waals surface area contributed by atoms with Crippen LogP contribution in [0.5, 0.6) is 5.75 Å². The second kappa shape index (κ2) is 7.83. The zero-order valence-electron chi connectivity index (χ0n) is 16.6. The molecule has 3 aromatic rings. The van der Waals surface area contributed by atoms with Gasteiger partial charge in [0.2, 0.25) is 0 Å². The molecular formula is C24H20N2O4. The number of aromatic nitrogens is 1. The van der Waals surface area contributed by atoms with Crippen LogP contribution in [-0.4, -0.2) is 28.9 Å². The summed E-state index contributed by atoms with van der Waals surface area (Å²) in [6.07, 6.45) is 3.21. The molecule has 2 aromatic carbocycles. The van der Waals surface area contributed by atoms with Crippen molar-refractivity contribution in [3.05, 3.63) is 95.3 Å². The van der Waals surface area contributed by atoms with Crippen LogP contribution in [0.3, 0.4) is 0 Å². The molecule has 0 saturated carbocycles. The number of anilines is 1. The molecule has 4 rings (SSSR count). The van der Waals surface area contributed by atoms with E-state index in [1.165, 1.54) is 4.90 Å². The van der Waals surface area contributed by atoms with E-state index in [1.807, 2.05) is 13.0 Å². The number of carbonyl (C=O) groups is 2. The van der Waals surface area contributed by atoms with Gasteiger partial charge < -0.3 is 9.84 Å². The van der Waals surface area contributed by atoms with Crippen LogP contribution >= 0.6 is 0 Å². The van der Waals surface area contributed by atoms with Gasteiger partial charge >= 0.3 is 0 Å². The molecule has 30 heavy (non-hydrogen) atoms. The number of aryl methyl sites for hydroxylation is 1. The largest absolute Gasteiger partial charge is 0.507 e.